The van der Waals surface area contributed by atoms with Crippen LogP contribution in [0.5, 0.6) is 5.75 Å². The maximum absolute atomic E-state index is 11.7. The Kier molecular flexibility index (Phi) is 3.24. The minimum Gasteiger partial charge on any atom is -0.507 e. The van der Waals surface area contributed by atoms with Crippen LogP contribution in [-0.4, -0.2) is 16.0 Å². The first-order chi connectivity index (χ1) is 8.16. The standard InChI is InChI=1S/C11H10N2O3S/c14-9-4-2-1-3-8(9)10(15)12-5-7-6-17-11(16)13-7/h1-4,6,14H,5H2,(H,12,15)(H,13,16). The number of aromatic amines is 1. The summed E-state index contributed by atoms with van der Waals surface area (Å²) in [5, 5.41) is 13.7. The summed E-state index contributed by atoms with van der Waals surface area (Å²) >= 11 is 1.04. The van der Waals surface area contributed by atoms with Gasteiger partial charge >= 0.3 is 4.87 Å². The highest BCUT2D eigenvalue weighted by molar-refractivity contribution is 7.07. The first-order valence-corrected chi connectivity index (χ1v) is 5.77. The van der Waals surface area contributed by atoms with Gasteiger partial charge in [-0.2, -0.15) is 0 Å². The molecule has 6 heteroatoms. The van der Waals surface area contributed by atoms with E-state index in [9.17, 15) is 14.7 Å². The van der Waals surface area contributed by atoms with Crippen LogP contribution in [0.1, 0.15) is 16.1 Å². The fourth-order valence-corrected chi connectivity index (χ4v) is 1.92. The Labute approximate surface area is 101 Å². The largest absolute Gasteiger partial charge is 0.507 e. The highest BCUT2D eigenvalue weighted by Crippen LogP contribution is 2.15. The molecule has 0 aliphatic carbocycles. The Balaban J connectivity index is 2.03. The van der Waals surface area contributed by atoms with Crippen molar-refractivity contribution in [2.24, 2.45) is 0 Å². The molecule has 17 heavy (non-hydrogen) atoms. The molecular formula is C11H10N2O3S. The zero-order valence-electron chi connectivity index (χ0n) is 8.77. The third-order valence-corrected chi connectivity index (χ3v) is 2.88. The number of para-hydroxylation sites is 1. The molecule has 0 fully saturated rings. The van der Waals surface area contributed by atoms with Crippen molar-refractivity contribution in [3.63, 3.8) is 0 Å². The molecule has 2 aromatic rings. The summed E-state index contributed by atoms with van der Waals surface area (Å²) in [6.07, 6.45) is 0. The predicted octanol–water partition coefficient (Wildman–Crippen LogP) is 1.07. The zero-order chi connectivity index (χ0) is 12.3. The second-order valence-electron chi connectivity index (χ2n) is 3.37. The molecule has 0 aliphatic rings. The van der Waals surface area contributed by atoms with Crippen molar-refractivity contribution in [1.29, 1.82) is 0 Å². The Morgan fingerprint density at radius 3 is 2.82 bits per heavy atom. The number of hydrogen-bond acceptors (Lipinski definition) is 4. The number of benzene rings is 1. The number of phenols is 1. The molecular weight excluding hydrogens is 240 g/mol. The lowest BCUT2D eigenvalue weighted by Crippen LogP contribution is -2.23. The number of aromatic hydroxyl groups is 1. The van der Waals surface area contributed by atoms with Crippen LogP contribution in [0.25, 0.3) is 0 Å². The first kappa shape index (κ1) is 11.4. The van der Waals surface area contributed by atoms with Gasteiger partial charge in [0.25, 0.3) is 5.91 Å². The number of thiazole rings is 1. The SMILES string of the molecule is O=C(NCc1csc(=O)[nH]1)c1ccccc1O. The molecule has 88 valence electrons. The van der Waals surface area contributed by atoms with Gasteiger partial charge < -0.3 is 15.4 Å². The number of H-pyrrole nitrogens is 1. The molecule has 0 radical (unpaired) electrons. The van der Waals surface area contributed by atoms with E-state index in [1.165, 1.54) is 12.1 Å². The number of carbonyl (C=O) groups is 1. The van der Waals surface area contributed by atoms with Gasteiger partial charge in [-0.15, -0.1) is 0 Å². The topological polar surface area (TPSA) is 82.2 Å². The summed E-state index contributed by atoms with van der Waals surface area (Å²) < 4.78 is 0. The van der Waals surface area contributed by atoms with Crippen molar-refractivity contribution in [2.45, 2.75) is 6.54 Å². The Bertz CT molecular complexity index is 588. The molecule has 1 aromatic carbocycles. The fraction of sp³-hybridized carbons (Fsp3) is 0.0909. The molecule has 1 heterocycles. The fourth-order valence-electron chi connectivity index (χ4n) is 1.34. The van der Waals surface area contributed by atoms with Gasteiger partial charge in [0.1, 0.15) is 5.75 Å². The monoisotopic (exact) mass is 250 g/mol. The number of amides is 1. The highest BCUT2D eigenvalue weighted by atomic mass is 32.1. The Hall–Kier alpha value is -2.08. The van der Waals surface area contributed by atoms with Crippen molar-refractivity contribution in [1.82, 2.24) is 10.3 Å². The average Bonchev–Trinajstić information content (AvgIpc) is 2.73. The van der Waals surface area contributed by atoms with Crippen LogP contribution in [-0.2, 0) is 6.54 Å². The minimum atomic E-state index is -0.379. The van der Waals surface area contributed by atoms with Crippen LogP contribution in [0.4, 0.5) is 0 Å². The summed E-state index contributed by atoms with van der Waals surface area (Å²) in [4.78, 5) is 25.0. The quantitative estimate of drug-likeness (QED) is 0.762. The molecule has 3 N–H and O–H groups in total. The van der Waals surface area contributed by atoms with E-state index in [-0.39, 0.29) is 28.6 Å². The predicted molar refractivity (Wildman–Crippen MR) is 64.2 cm³/mol. The van der Waals surface area contributed by atoms with Crippen LogP contribution in [0, 0.1) is 0 Å². The van der Waals surface area contributed by atoms with Crippen molar-refractivity contribution in [3.05, 3.63) is 50.6 Å². The zero-order valence-corrected chi connectivity index (χ0v) is 9.58. The molecule has 0 bridgehead atoms. The molecule has 5 nitrogen and oxygen atoms in total. The van der Waals surface area contributed by atoms with E-state index in [1.54, 1.807) is 17.5 Å². The lowest BCUT2D eigenvalue weighted by atomic mass is 10.2. The normalized spacial score (nSPS) is 10.1. The number of nitrogens with one attached hydrogen (secondary N) is 2. The summed E-state index contributed by atoms with van der Waals surface area (Å²) in [7, 11) is 0. The number of rotatable bonds is 3. The molecule has 0 saturated carbocycles. The van der Waals surface area contributed by atoms with Gasteiger partial charge in [-0.1, -0.05) is 23.5 Å². The van der Waals surface area contributed by atoms with Crippen molar-refractivity contribution < 1.29 is 9.90 Å². The number of phenolic OH excluding ortho intramolecular Hbond substituents is 1. The third kappa shape index (κ3) is 2.73. The summed E-state index contributed by atoms with van der Waals surface area (Å²) in [6.45, 7) is 0.228. The highest BCUT2D eigenvalue weighted by Gasteiger charge is 2.09. The summed E-state index contributed by atoms with van der Waals surface area (Å²) in [5.41, 5.74) is 0.855. The van der Waals surface area contributed by atoms with E-state index in [0.29, 0.717) is 5.69 Å². The van der Waals surface area contributed by atoms with Gasteiger partial charge in [-0.25, -0.2) is 0 Å². The smallest absolute Gasteiger partial charge is 0.304 e. The number of aromatic nitrogens is 1. The second-order valence-corrected chi connectivity index (χ2v) is 4.22. The van der Waals surface area contributed by atoms with Crippen LogP contribution < -0.4 is 10.2 Å². The van der Waals surface area contributed by atoms with Crippen LogP contribution in [0.15, 0.2) is 34.4 Å². The lowest BCUT2D eigenvalue weighted by molar-refractivity contribution is 0.0948. The van der Waals surface area contributed by atoms with Crippen LogP contribution in [0.2, 0.25) is 0 Å². The van der Waals surface area contributed by atoms with Gasteiger partial charge in [-0.05, 0) is 12.1 Å². The molecule has 0 saturated heterocycles. The molecule has 1 amide bonds. The molecule has 0 atom stereocenters. The van der Waals surface area contributed by atoms with E-state index in [1.807, 2.05) is 0 Å². The molecule has 0 unspecified atom stereocenters. The van der Waals surface area contributed by atoms with Gasteiger partial charge in [-0.3, -0.25) is 9.59 Å². The van der Waals surface area contributed by atoms with E-state index in [2.05, 4.69) is 10.3 Å². The van der Waals surface area contributed by atoms with E-state index in [0.717, 1.165) is 11.3 Å². The summed E-state index contributed by atoms with van der Waals surface area (Å²) in [5.74, 6) is -0.445. The minimum absolute atomic E-state index is 0.0659. The third-order valence-electron chi connectivity index (χ3n) is 2.16. The van der Waals surface area contributed by atoms with Crippen LogP contribution in [0.3, 0.4) is 0 Å². The van der Waals surface area contributed by atoms with E-state index >= 15 is 0 Å². The summed E-state index contributed by atoms with van der Waals surface area (Å²) in [6, 6.07) is 6.28. The Morgan fingerprint density at radius 2 is 2.18 bits per heavy atom. The van der Waals surface area contributed by atoms with Gasteiger partial charge in [0.15, 0.2) is 0 Å². The first-order valence-electron chi connectivity index (χ1n) is 4.89. The lowest BCUT2D eigenvalue weighted by Gasteiger charge is -2.05. The van der Waals surface area contributed by atoms with E-state index < -0.39 is 0 Å². The van der Waals surface area contributed by atoms with Crippen molar-refractivity contribution in [3.8, 4) is 5.75 Å². The van der Waals surface area contributed by atoms with Gasteiger partial charge in [0.2, 0.25) is 0 Å². The molecule has 0 aliphatic heterocycles. The van der Waals surface area contributed by atoms with E-state index in [4.69, 9.17) is 0 Å². The molecule has 2 rings (SSSR count). The maximum Gasteiger partial charge on any atom is 0.304 e. The molecule has 1 aromatic heterocycles. The molecule has 0 spiro atoms. The van der Waals surface area contributed by atoms with Crippen LogP contribution >= 0.6 is 11.3 Å². The van der Waals surface area contributed by atoms with Crippen molar-refractivity contribution in [2.75, 3.05) is 0 Å². The van der Waals surface area contributed by atoms with Gasteiger partial charge in [0.05, 0.1) is 12.1 Å². The second kappa shape index (κ2) is 4.84. The van der Waals surface area contributed by atoms with Gasteiger partial charge in [0, 0.05) is 11.1 Å². The Morgan fingerprint density at radius 1 is 1.41 bits per heavy atom. The van der Waals surface area contributed by atoms with Crippen molar-refractivity contribution >= 4 is 17.2 Å². The number of carbonyl (C=O) groups excluding carboxylic acids is 1. The number of hydrogen-bond donors (Lipinski definition) is 3. The maximum atomic E-state index is 11.7. The average molecular weight is 250 g/mol.